The minimum Gasteiger partial charge on any atom is -1.00 e. The van der Waals surface area contributed by atoms with Crippen molar-refractivity contribution in [3.63, 3.8) is 0 Å². The van der Waals surface area contributed by atoms with Crippen LogP contribution < -0.4 is 33.5 Å². The summed E-state index contributed by atoms with van der Waals surface area (Å²) < 4.78 is 12.2. The molecule has 0 amide bonds. The molecule has 4 heteroatoms. The average molecular weight is 359 g/mol. The summed E-state index contributed by atoms with van der Waals surface area (Å²) in [6, 6.07) is 5.14. The number of ether oxygens (including phenoxy) is 2. The molecule has 2 atom stereocenters. The van der Waals surface area contributed by atoms with E-state index in [4.69, 9.17) is 9.47 Å². The van der Waals surface area contributed by atoms with E-state index in [1.54, 1.807) is 0 Å². The number of quaternary nitrogens is 1. The lowest BCUT2D eigenvalue weighted by molar-refractivity contribution is -0.928. The number of hydrogen-bond donors (Lipinski definition) is 0. The Kier molecular flexibility index (Phi) is 2.97. The van der Waals surface area contributed by atoms with Gasteiger partial charge in [-0.25, -0.2) is 0 Å². The molecule has 1 unspecified atom stereocenters. The molecule has 1 fully saturated rings. The highest BCUT2D eigenvalue weighted by Crippen LogP contribution is 2.46. The Labute approximate surface area is 125 Å². The van der Waals surface area contributed by atoms with E-state index < -0.39 is 0 Å². The van der Waals surface area contributed by atoms with Crippen molar-refractivity contribution >= 4 is 0 Å². The van der Waals surface area contributed by atoms with E-state index in [2.05, 4.69) is 19.2 Å². The normalized spacial score (nSPS) is 31.5. The zero-order chi connectivity index (χ0) is 11.5. The molecule has 0 aliphatic carbocycles. The number of likely N-dealkylation sites (N-methyl/N-ethyl adjacent to an activating group) is 1. The van der Waals surface area contributed by atoms with E-state index in [0.29, 0.717) is 12.8 Å². The molecule has 1 saturated heterocycles. The molecule has 3 aliphatic rings. The van der Waals surface area contributed by atoms with Crippen LogP contribution in [0.1, 0.15) is 30.0 Å². The number of nitrogens with zero attached hydrogens (tertiary/aromatic N) is 1. The van der Waals surface area contributed by atoms with Crippen LogP contribution in [-0.2, 0) is 6.42 Å². The van der Waals surface area contributed by atoms with Crippen molar-refractivity contribution in [1.29, 1.82) is 0 Å². The van der Waals surface area contributed by atoms with Gasteiger partial charge in [0.25, 0.3) is 0 Å². The van der Waals surface area contributed by atoms with E-state index in [0.717, 1.165) is 11.5 Å². The number of fused-ring (bicyclic) bond motifs is 4. The van der Waals surface area contributed by atoms with Crippen LogP contribution in [0, 0.1) is 0 Å². The fraction of sp³-hybridized carbons (Fsp3) is 0.571. The maximum atomic E-state index is 5.52. The van der Waals surface area contributed by atoms with E-state index in [1.807, 2.05) is 0 Å². The summed E-state index contributed by atoms with van der Waals surface area (Å²) in [5.41, 5.74) is 3.00. The third-order valence-corrected chi connectivity index (χ3v) is 4.78. The third kappa shape index (κ3) is 1.65. The van der Waals surface area contributed by atoms with Crippen LogP contribution in [0.25, 0.3) is 0 Å². The second kappa shape index (κ2) is 4.27. The minimum absolute atomic E-state index is 0. The van der Waals surface area contributed by atoms with Crippen LogP contribution in [0.2, 0.25) is 0 Å². The van der Waals surface area contributed by atoms with Crippen LogP contribution in [0.15, 0.2) is 12.1 Å². The van der Waals surface area contributed by atoms with Crippen molar-refractivity contribution in [2.75, 3.05) is 26.9 Å². The third-order valence-electron chi connectivity index (χ3n) is 4.78. The summed E-state index contributed by atoms with van der Waals surface area (Å²) in [4.78, 5) is 0. The molecule has 98 valence electrons. The van der Waals surface area contributed by atoms with Crippen LogP contribution >= 0.6 is 0 Å². The summed E-state index contributed by atoms with van der Waals surface area (Å²) in [5, 5.41) is 0. The van der Waals surface area contributed by atoms with Crippen LogP contribution in [0.4, 0.5) is 0 Å². The summed E-state index contributed by atoms with van der Waals surface area (Å²) in [5.74, 6) is 1.89. The first kappa shape index (κ1) is 12.5. The second-order valence-corrected chi connectivity index (χ2v) is 5.74. The average Bonchev–Trinajstić information content (AvgIpc) is 2.91. The maximum Gasteiger partial charge on any atom is 0.231 e. The number of benzene rings is 1. The highest BCUT2D eigenvalue weighted by molar-refractivity contribution is 5.50. The number of hydrogen-bond acceptors (Lipinski definition) is 2. The van der Waals surface area contributed by atoms with Gasteiger partial charge in [-0.3, -0.25) is 0 Å². The molecule has 0 radical (unpaired) electrons. The van der Waals surface area contributed by atoms with Crippen molar-refractivity contribution in [3.8, 4) is 11.5 Å². The first-order valence-electron chi connectivity index (χ1n) is 6.53. The SMILES string of the molecule is C[N+]12CCC[C@@H]1c1cc3c(cc1CC2)OCO3.[I-]. The van der Waals surface area contributed by atoms with Crippen LogP contribution in [0.5, 0.6) is 11.5 Å². The van der Waals surface area contributed by atoms with Gasteiger partial charge in [-0.2, -0.15) is 0 Å². The molecular formula is C14H18INO2. The van der Waals surface area contributed by atoms with Gasteiger partial charge >= 0.3 is 0 Å². The fourth-order valence-corrected chi connectivity index (χ4v) is 3.77. The van der Waals surface area contributed by atoms with E-state index in [9.17, 15) is 0 Å². The van der Waals surface area contributed by atoms with Gasteiger partial charge in [0.05, 0.1) is 20.1 Å². The standard InChI is InChI=1S/C14H18NO2.HI/c1-15-5-2-3-12(15)11-8-14-13(16-9-17-14)7-10(11)4-6-15;/h7-8,12H,2-6,9H2,1H3;1H/q+1;/p-1/t12-,15?;/m1./s1. The largest absolute Gasteiger partial charge is 1.00 e. The Morgan fingerprint density at radius 3 is 2.78 bits per heavy atom. The Morgan fingerprint density at radius 2 is 1.94 bits per heavy atom. The molecule has 0 spiro atoms. The van der Waals surface area contributed by atoms with Gasteiger partial charge in [-0.05, 0) is 17.7 Å². The van der Waals surface area contributed by atoms with Crippen molar-refractivity contribution < 1.29 is 37.9 Å². The first-order chi connectivity index (χ1) is 8.26. The molecular weight excluding hydrogens is 341 g/mol. The van der Waals surface area contributed by atoms with Gasteiger partial charge in [-0.15, -0.1) is 0 Å². The van der Waals surface area contributed by atoms with Crippen molar-refractivity contribution in [2.45, 2.75) is 25.3 Å². The number of halogens is 1. The van der Waals surface area contributed by atoms with Gasteiger partial charge < -0.3 is 37.9 Å². The molecule has 0 aromatic heterocycles. The predicted octanol–water partition coefficient (Wildman–Crippen LogP) is -0.743. The Hall–Kier alpha value is -0.490. The molecule has 3 nitrogen and oxygen atoms in total. The Balaban J connectivity index is 0.000001000. The first-order valence-corrected chi connectivity index (χ1v) is 6.53. The van der Waals surface area contributed by atoms with Crippen LogP contribution in [0.3, 0.4) is 0 Å². The summed E-state index contributed by atoms with van der Waals surface area (Å²) in [7, 11) is 2.41. The molecule has 1 aromatic carbocycles. The second-order valence-electron chi connectivity index (χ2n) is 5.74. The lowest BCUT2D eigenvalue weighted by Crippen LogP contribution is -3.00. The summed E-state index contributed by atoms with van der Waals surface area (Å²) >= 11 is 0. The van der Waals surface area contributed by atoms with Gasteiger partial charge in [-0.1, -0.05) is 0 Å². The van der Waals surface area contributed by atoms with Gasteiger partial charge in [0, 0.05) is 24.8 Å². The van der Waals surface area contributed by atoms with E-state index in [-0.39, 0.29) is 24.0 Å². The van der Waals surface area contributed by atoms with Gasteiger partial charge in [0.2, 0.25) is 6.79 Å². The molecule has 0 N–H and O–H groups in total. The Morgan fingerprint density at radius 1 is 1.17 bits per heavy atom. The van der Waals surface area contributed by atoms with E-state index >= 15 is 0 Å². The molecule has 0 saturated carbocycles. The van der Waals surface area contributed by atoms with Crippen molar-refractivity contribution in [2.24, 2.45) is 0 Å². The van der Waals surface area contributed by atoms with Crippen molar-refractivity contribution in [3.05, 3.63) is 23.3 Å². The van der Waals surface area contributed by atoms with Crippen molar-refractivity contribution in [1.82, 2.24) is 0 Å². The van der Waals surface area contributed by atoms with E-state index in [1.165, 1.54) is 48.0 Å². The zero-order valence-electron chi connectivity index (χ0n) is 10.6. The Bertz CT molecular complexity index is 491. The lowest BCUT2D eigenvalue weighted by atomic mass is 9.91. The molecule has 3 aliphatic heterocycles. The van der Waals surface area contributed by atoms with Crippen LogP contribution in [-0.4, -0.2) is 31.4 Å². The topological polar surface area (TPSA) is 18.5 Å². The minimum atomic E-state index is 0. The summed E-state index contributed by atoms with van der Waals surface area (Å²) in [6.45, 7) is 2.99. The molecule has 3 heterocycles. The quantitative estimate of drug-likeness (QED) is 0.449. The smallest absolute Gasteiger partial charge is 0.231 e. The molecule has 0 bridgehead atoms. The molecule has 18 heavy (non-hydrogen) atoms. The lowest BCUT2D eigenvalue weighted by Gasteiger charge is -2.41. The van der Waals surface area contributed by atoms with Gasteiger partial charge in [0.1, 0.15) is 6.04 Å². The summed E-state index contributed by atoms with van der Waals surface area (Å²) in [6.07, 6.45) is 3.86. The highest BCUT2D eigenvalue weighted by Gasteiger charge is 2.43. The monoisotopic (exact) mass is 359 g/mol. The molecule has 4 rings (SSSR count). The highest BCUT2D eigenvalue weighted by atomic mass is 127. The predicted molar refractivity (Wildman–Crippen MR) is 64.2 cm³/mol. The fourth-order valence-electron chi connectivity index (χ4n) is 3.77. The molecule has 1 aromatic rings. The zero-order valence-corrected chi connectivity index (χ0v) is 12.8. The number of rotatable bonds is 0. The maximum absolute atomic E-state index is 5.52. The van der Waals surface area contributed by atoms with Gasteiger partial charge in [0.15, 0.2) is 11.5 Å².